The van der Waals surface area contributed by atoms with Crippen LogP contribution in [0.1, 0.15) is 49.9 Å². The van der Waals surface area contributed by atoms with Crippen molar-refractivity contribution in [3.05, 3.63) is 192 Å². The summed E-state index contributed by atoms with van der Waals surface area (Å²) in [6, 6.07) is 64.2. The molecule has 3 aliphatic heterocycles. The van der Waals surface area contributed by atoms with Gasteiger partial charge in [-0.1, -0.05) is 143 Å². The van der Waals surface area contributed by atoms with Gasteiger partial charge in [-0.3, -0.25) is 0 Å². The van der Waals surface area contributed by atoms with Crippen LogP contribution in [0.3, 0.4) is 0 Å². The van der Waals surface area contributed by atoms with E-state index in [-0.39, 0.29) is 17.7 Å². The number of rotatable bonds is 2. The van der Waals surface area contributed by atoms with Crippen molar-refractivity contribution in [3.8, 4) is 27.9 Å². The van der Waals surface area contributed by atoms with Gasteiger partial charge in [0.05, 0.1) is 28.1 Å². The van der Waals surface area contributed by atoms with Gasteiger partial charge in [0.2, 0.25) is 0 Å². The lowest BCUT2D eigenvalue weighted by Crippen LogP contribution is -2.60. The van der Waals surface area contributed by atoms with E-state index in [1.165, 1.54) is 111 Å². The Kier molecular flexibility index (Phi) is 6.13. The summed E-state index contributed by atoms with van der Waals surface area (Å²) < 4.78 is 2.59. The Morgan fingerprint density at radius 2 is 1.02 bits per heavy atom. The normalized spacial score (nSPS) is 15.8. The fraction of sp³-hybridized carbons (Fsp3) is 0.111. The minimum absolute atomic E-state index is 0.0444. The van der Waals surface area contributed by atoms with Crippen molar-refractivity contribution in [1.29, 1.82) is 0 Å². The number of aromatic nitrogens is 1. The van der Waals surface area contributed by atoms with Crippen molar-refractivity contribution in [2.45, 2.75) is 38.5 Å². The number of para-hydroxylation sites is 5. The van der Waals surface area contributed by atoms with Crippen molar-refractivity contribution in [1.82, 2.24) is 4.57 Å². The summed E-state index contributed by atoms with van der Waals surface area (Å²) >= 11 is 0. The molecule has 4 aliphatic rings. The van der Waals surface area contributed by atoms with Crippen molar-refractivity contribution in [2.75, 3.05) is 9.71 Å². The van der Waals surface area contributed by atoms with E-state index in [4.69, 9.17) is 0 Å². The summed E-state index contributed by atoms with van der Waals surface area (Å²) in [6.45, 7) is 9.52. The highest BCUT2D eigenvalue weighted by molar-refractivity contribution is 6.93. The molecule has 1 aromatic heterocycles. The lowest BCUT2D eigenvalue weighted by Gasteiger charge is -2.44. The molecule has 3 nitrogen and oxygen atoms in total. The van der Waals surface area contributed by atoms with Crippen LogP contribution in [0.5, 0.6) is 0 Å². The van der Waals surface area contributed by atoms with E-state index in [1.54, 1.807) is 0 Å². The van der Waals surface area contributed by atoms with Crippen LogP contribution < -0.4 is 20.6 Å². The lowest BCUT2D eigenvalue weighted by atomic mass is 9.44. The Morgan fingerprint density at radius 1 is 0.431 bits per heavy atom. The largest absolute Gasteiger partial charge is 0.376 e. The zero-order valence-electron chi connectivity index (χ0n) is 33.1. The van der Waals surface area contributed by atoms with Gasteiger partial charge in [0.1, 0.15) is 0 Å². The minimum atomic E-state index is -0.162. The molecule has 9 aromatic rings. The SMILES string of the molecule is CC1(C)c2ccccc2-c2cc3c(cc21)-c1cc(N2c4ccccc4C(C)(C)c4ccccc42)c2c4ccccc4n4c2c1B(c1ccccc1-4)N3c1ccccc1. The van der Waals surface area contributed by atoms with Crippen LogP contribution in [-0.4, -0.2) is 11.4 Å². The van der Waals surface area contributed by atoms with Crippen LogP contribution in [-0.2, 0) is 10.8 Å². The topological polar surface area (TPSA) is 11.4 Å². The Labute approximate surface area is 339 Å². The highest BCUT2D eigenvalue weighted by atomic mass is 15.2. The van der Waals surface area contributed by atoms with E-state index in [2.05, 4.69) is 212 Å². The Morgan fingerprint density at radius 3 is 1.78 bits per heavy atom. The molecule has 274 valence electrons. The van der Waals surface area contributed by atoms with E-state index in [1.807, 2.05) is 0 Å². The summed E-state index contributed by atoms with van der Waals surface area (Å²) in [6.07, 6.45) is 0. The third-order valence-corrected chi connectivity index (χ3v) is 14.1. The van der Waals surface area contributed by atoms with Crippen molar-refractivity contribution < 1.29 is 0 Å². The van der Waals surface area contributed by atoms with Crippen LogP contribution in [0.2, 0.25) is 0 Å². The number of nitrogens with zero attached hydrogens (tertiary/aromatic N) is 3. The molecule has 58 heavy (non-hydrogen) atoms. The van der Waals surface area contributed by atoms with Crippen molar-refractivity contribution in [2.24, 2.45) is 0 Å². The van der Waals surface area contributed by atoms with Crippen LogP contribution in [0.4, 0.5) is 28.4 Å². The molecule has 1 aliphatic carbocycles. The molecule has 8 aromatic carbocycles. The van der Waals surface area contributed by atoms with Gasteiger partial charge in [0, 0.05) is 44.2 Å². The monoisotopic (exact) mass is 741 g/mol. The molecule has 0 radical (unpaired) electrons. The molecule has 0 saturated carbocycles. The number of fused-ring (bicyclic) bond motifs is 13. The minimum Gasteiger partial charge on any atom is -0.376 e. The average Bonchev–Trinajstić information content (AvgIpc) is 3.72. The number of hydrogen-bond acceptors (Lipinski definition) is 2. The summed E-state index contributed by atoms with van der Waals surface area (Å²) in [7, 11) is 0. The molecular formula is C54H40BN3. The fourth-order valence-corrected chi connectivity index (χ4v) is 11.5. The molecule has 13 rings (SSSR count). The van der Waals surface area contributed by atoms with Gasteiger partial charge >= 0.3 is 6.85 Å². The first-order valence-electron chi connectivity index (χ1n) is 20.7. The standard InChI is InChI=1S/C54H40BN3/c1-53(2)39-22-10-8-20-34(39)36-31-48-37(30-42(36)53)38-32-49(56-45-27-15-11-23-40(45)54(3,4)41-24-12-16-28-46(41)56)50-35-21-9-14-26-44(35)57-47-29-17-13-25-43(47)55(51(38)52(50)57)58(48)33-18-6-5-7-19-33/h5-32H,1-4H3. The molecule has 0 bridgehead atoms. The van der Waals surface area contributed by atoms with E-state index in [0.717, 1.165) is 0 Å². The molecule has 0 saturated heterocycles. The molecule has 0 unspecified atom stereocenters. The predicted molar refractivity (Wildman–Crippen MR) is 244 cm³/mol. The van der Waals surface area contributed by atoms with Crippen molar-refractivity contribution in [3.63, 3.8) is 0 Å². The van der Waals surface area contributed by atoms with E-state index in [0.29, 0.717) is 0 Å². The molecule has 0 amide bonds. The molecular weight excluding hydrogens is 701 g/mol. The Balaban J connectivity index is 1.24. The van der Waals surface area contributed by atoms with Gasteiger partial charge in [-0.05, 0) is 104 Å². The fourth-order valence-electron chi connectivity index (χ4n) is 11.5. The number of benzene rings is 8. The molecule has 0 fully saturated rings. The van der Waals surface area contributed by atoms with Crippen LogP contribution in [0.25, 0.3) is 49.7 Å². The molecule has 0 spiro atoms. The average molecular weight is 742 g/mol. The molecule has 4 heteroatoms. The molecule has 0 atom stereocenters. The van der Waals surface area contributed by atoms with Gasteiger partial charge in [-0.15, -0.1) is 0 Å². The highest BCUT2D eigenvalue weighted by Crippen LogP contribution is 2.58. The second-order valence-electron chi connectivity index (χ2n) is 17.7. The summed E-state index contributed by atoms with van der Waals surface area (Å²) in [5.41, 5.74) is 23.0. The maximum absolute atomic E-state index is 2.65. The van der Waals surface area contributed by atoms with E-state index < -0.39 is 0 Å². The van der Waals surface area contributed by atoms with Crippen LogP contribution >= 0.6 is 0 Å². The van der Waals surface area contributed by atoms with Crippen LogP contribution in [0, 0.1) is 0 Å². The zero-order chi connectivity index (χ0) is 38.7. The first-order chi connectivity index (χ1) is 28.3. The quantitative estimate of drug-likeness (QED) is 0.164. The Bertz CT molecular complexity index is 3210. The van der Waals surface area contributed by atoms with Gasteiger partial charge in [-0.25, -0.2) is 0 Å². The summed E-state index contributed by atoms with van der Waals surface area (Å²) in [5, 5.41) is 2.57. The second kappa shape index (κ2) is 11.0. The van der Waals surface area contributed by atoms with Gasteiger partial charge in [0.25, 0.3) is 0 Å². The first kappa shape index (κ1) is 32.3. The van der Waals surface area contributed by atoms with Gasteiger partial charge < -0.3 is 14.3 Å². The molecule has 0 N–H and O–H groups in total. The Hall–Kier alpha value is -6.78. The maximum Gasteiger partial charge on any atom is 0.333 e. The second-order valence-corrected chi connectivity index (χ2v) is 17.7. The lowest BCUT2D eigenvalue weighted by molar-refractivity contribution is 0.632. The van der Waals surface area contributed by atoms with Crippen LogP contribution in [0.15, 0.2) is 170 Å². The zero-order valence-corrected chi connectivity index (χ0v) is 33.1. The third kappa shape index (κ3) is 3.86. The van der Waals surface area contributed by atoms with E-state index >= 15 is 0 Å². The molecule has 4 heterocycles. The first-order valence-corrected chi connectivity index (χ1v) is 20.7. The highest BCUT2D eigenvalue weighted by Gasteiger charge is 2.47. The van der Waals surface area contributed by atoms with Gasteiger partial charge in [-0.2, -0.15) is 0 Å². The van der Waals surface area contributed by atoms with Crippen molar-refractivity contribution >= 4 is 68.0 Å². The number of anilines is 5. The summed E-state index contributed by atoms with van der Waals surface area (Å²) in [5.74, 6) is 0. The maximum atomic E-state index is 2.65. The number of hydrogen-bond donors (Lipinski definition) is 0. The third-order valence-electron chi connectivity index (χ3n) is 14.1. The predicted octanol–water partition coefficient (Wildman–Crippen LogP) is 12.4. The summed E-state index contributed by atoms with van der Waals surface area (Å²) in [4.78, 5) is 5.24. The smallest absolute Gasteiger partial charge is 0.333 e. The van der Waals surface area contributed by atoms with E-state index in [9.17, 15) is 0 Å². The van der Waals surface area contributed by atoms with Gasteiger partial charge in [0.15, 0.2) is 0 Å².